The van der Waals surface area contributed by atoms with E-state index < -0.39 is 16.1 Å². The molecule has 0 aliphatic heterocycles. The maximum atomic E-state index is 12.9. The van der Waals surface area contributed by atoms with E-state index in [0.717, 1.165) is 43.2 Å². The molecule has 0 aliphatic carbocycles. The van der Waals surface area contributed by atoms with Crippen LogP contribution in [0.4, 0.5) is 0 Å². The normalized spacial score (nSPS) is 13.1. The zero-order valence-electron chi connectivity index (χ0n) is 16.4. The average molecular weight is 393 g/mol. The Bertz CT molecular complexity index is 821. The number of hydrogen-bond acceptors (Lipinski definition) is 4. The fourth-order valence-electron chi connectivity index (χ4n) is 3.31. The quantitative estimate of drug-likeness (QED) is 0.531. The Kier molecular flexibility index (Phi) is 8.67. The van der Waals surface area contributed by atoms with Crippen molar-refractivity contribution in [1.29, 1.82) is 0 Å². The molecule has 0 amide bonds. The molecule has 0 aliphatic rings. The minimum absolute atomic E-state index is 0.200. The standard InChI is InChI=1S/C21H32N2O3S/c1-3-5-7-8-12-20-18-11-9-13-21(19(18)14-15-22-20)27(25,26)23-17(16-24)10-6-4-2/h9,11,13-15,17,23-24H,3-8,10,12,16H2,1-2H3. The molecule has 5 nitrogen and oxygen atoms in total. The molecule has 1 unspecified atom stereocenters. The maximum Gasteiger partial charge on any atom is 0.241 e. The third-order valence-corrected chi connectivity index (χ3v) is 6.43. The van der Waals surface area contributed by atoms with Gasteiger partial charge in [0.05, 0.1) is 11.5 Å². The first-order valence-electron chi connectivity index (χ1n) is 10.0. The Morgan fingerprint density at radius 2 is 1.81 bits per heavy atom. The van der Waals surface area contributed by atoms with Crippen molar-refractivity contribution in [3.8, 4) is 0 Å². The number of aromatic nitrogens is 1. The Hall–Kier alpha value is -1.50. The van der Waals surface area contributed by atoms with Crippen molar-refractivity contribution in [3.63, 3.8) is 0 Å². The number of nitrogens with one attached hydrogen (secondary N) is 1. The van der Waals surface area contributed by atoms with Crippen LogP contribution < -0.4 is 4.72 Å². The predicted molar refractivity (Wildman–Crippen MR) is 110 cm³/mol. The summed E-state index contributed by atoms with van der Waals surface area (Å²) in [5.74, 6) is 0. The number of hydrogen-bond donors (Lipinski definition) is 2. The maximum absolute atomic E-state index is 12.9. The van der Waals surface area contributed by atoms with Gasteiger partial charge >= 0.3 is 0 Å². The van der Waals surface area contributed by atoms with Crippen LogP contribution in [0.2, 0.25) is 0 Å². The first-order chi connectivity index (χ1) is 13.0. The monoisotopic (exact) mass is 392 g/mol. The number of sulfonamides is 1. The van der Waals surface area contributed by atoms with Gasteiger partial charge in [-0.1, -0.05) is 58.1 Å². The molecule has 0 bridgehead atoms. The van der Waals surface area contributed by atoms with Gasteiger partial charge in [0.1, 0.15) is 0 Å². The number of fused-ring (bicyclic) bond motifs is 1. The van der Waals surface area contributed by atoms with Crippen molar-refractivity contribution < 1.29 is 13.5 Å². The van der Waals surface area contributed by atoms with E-state index in [1.165, 1.54) is 12.8 Å². The Morgan fingerprint density at radius 1 is 1.04 bits per heavy atom. The van der Waals surface area contributed by atoms with Crippen LogP contribution in [0.25, 0.3) is 10.8 Å². The van der Waals surface area contributed by atoms with E-state index in [2.05, 4.69) is 16.6 Å². The molecule has 2 rings (SSSR count). The molecule has 0 radical (unpaired) electrons. The summed E-state index contributed by atoms with van der Waals surface area (Å²) in [6.45, 7) is 4.03. The summed E-state index contributed by atoms with van der Waals surface area (Å²) < 4.78 is 28.6. The smallest absolute Gasteiger partial charge is 0.241 e. The van der Waals surface area contributed by atoms with E-state index in [1.54, 1.807) is 24.4 Å². The second-order valence-corrected chi connectivity index (χ2v) is 8.74. The van der Waals surface area contributed by atoms with Crippen molar-refractivity contribution in [3.05, 3.63) is 36.2 Å². The summed E-state index contributed by atoms with van der Waals surface area (Å²) in [5.41, 5.74) is 0.949. The molecule has 1 heterocycles. The van der Waals surface area contributed by atoms with Crippen LogP contribution in [0.15, 0.2) is 35.4 Å². The molecular weight excluding hydrogens is 360 g/mol. The molecule has 27 heavy (non-hydrogen) atoms. The fourth-order valence-corrected chi connectivity index (χ4v) is 4.80. The summed E-state index contributed by atoms with van der Waals surface area (Å²) in [7, 11) is -3.71. The van der Waals surface area contributed by atoms with Crippen molar-refractivity contribution in [2.45, 2.75) is 76.2 Å². The number of rotatable bonds is 12. The average Bonchev–Trinajstić information content (AvgIpc) is 2.68. The predicted octanol–water partition coefficient (Wildman–Crippen LogP) is 4.19. The van der Waals surface area contributed by atoms with Gasteiger partial charge in [-0.2, -0.15) is 0 Å². The number of pyridine rings is 1. The second-order valence-electron chi connectivity index (χ2n) is 7.06. The highest BCUT2D eigenvalue weighted by Crippen LogP contribution is 2.26. The van der Waals surface area contributed by atoms with Crippen LogP contribution in [0.3, 0.4) is 0 Å². The highest BCUT2D eigenvalue weighted by atomic mass is 32.2. The minimum atomic E-state index is -3.71. The molecule has 150 valence electrons. The third-order valence-electron chi connectivity index (χ3n) is 4.85. The van der Waals surface area contributed by atoms with Crippen LogP contribution in [0, 0.1) is 0 Å². The van der Waals surface area contributed by atoms with Crippen molar-refractivity contribution in [2.24, 2.45) is 0 Å². The number of unbranched alkanes of at least 4 members (excludes halogenated alkanes) is 4. The first-order valence-corrected chi connectivity index (χ1v) is 11.5. The van der Waals surface area contributed by atoms with E-state index in [9.17, 15) is 13.5 Å². The number of aliphatic hydroxyl groups excluding tert-OH is 1. The molecule has 2 aromatic rings. The molecule has 1 aromatic heterocycles. The summed E-state index contributed by atoms with van der Waals surface area (Å²) in [6.07, 6.45) is 9.59. The molecule has 0 saturated carbocycles. The molecule has 0 saturated heterocycles. The zero-order valence-corrected chi connectivity index (χ0v) is 17.3. The van der Waals surface area contributed by atoms with Crippen molar-refractivity contribution in [1.82, 2.24) is 9.71 Å². The zero-order chi connectivity index (χ0) is 19.7. The van der Waals surface area contributed by atoms with E-state index >= 15 is 0 Å². The van der Waals surface area contributed by atoms with Gasteiger partial charge in [-0.25, -0.2) is 13.1 Å². The lowest BCUT2D eigenvalue weighted by molar-refractivity contribution is 0.248. The molecule has 0 fully saturated rings. The number of aliphatic hydroxyl groups is 1. The van der Waals surface area contributed by atoms with Crippen LogP contribution in [0.5, 0.6) is 0 Å². The molecular formula is C21H32N2O3S. The van der Waals surface area contributed by atoms with Gasteiger partial charge in [-0.3, -0.25) is 4.98 Å². The summed E-state index contributed by atoms with van der Waals surface area (Å²) in [5, 5.41) is 11.1. The van der Waals surface area contributed by atoms with Crippen LogP contribution >= 0.6 is 0 Å². The Morgan fingerprint density at radius 3 is 2.52 bits per heavy atom. The van der Waals surface area contributed by atoms with Gasteiger partial charge in [0.15, 0.2) is 0 Å². The van der Waals surface area contributed by atoms with E-state index in [-0.39, 0.29) is 11.5 Å². The Balaban J connectivity index is 2.30. The van der Waals surface area contributed by atoms with Crippen LogP contribution in [-0.2, 0) is 16.4 Å². The summed E-state index contributed by atoms with van der Waals surface area (Å²) in [4.78, 5) is 4.75. The van der Waals surface area contributed by atoms with E-state index in [1.807, 2.05) is 13.0 Å². The number of nitrogens with zero attached hydrogens (tertiary/aromatic N) is 1. The molecule has 0 spiro atoms. The van der Waals surface area contributed by atoms with Crippen LogP contribution in [-0.4, -0.2) is 31.2 Å². The number of aryl methyl sites for hydroxylation is 1. The van der Waals surface area contributed by atoms with Gasteiger partial charge in [0.25, 0.3) is 0 Å². The summed E-state index contributed by atoms with van der Waals surface area (Å²) in [6, 6.07) is 6.64. The third kappa shape index (κ3) is 5.99. The molecule has 1 atom stereocenters. The Labute approximate surface area is 163 Å². The van der Waals surface area contributed by atoms with Crippen molar-refractivity contribution >= 4 is 20.8 Å². The second kappa shape index (κ2) is 10.7. The van der Waals surface area contributed by atoms with Gasteiger partial charge < -0.3 is 5.11 Å². The highest BCUT2D eigenvalue weighted by molar-refractivity contribution is 7.89. The molecule has 1 aromatic carbocycles. The van der Waals surface area contributed by atoms with Crippen molar-refractivity contribution in [2.75, 3.05) is 6.61 Å². The lowest BCUT2D eigenvalue weighted by Crippen LogP contribution is -2.37. The molecule has 2 N–H and O–H groups in total. The number of benzene rings is 1. The van der Waals surface area contributed by atoms with E-state index in [0.29, 0.717) is 11.8 Å². The lowest BCUT2D eigenvalue weighted by Gasteiger charge is -2.17. The van der Waals surface area contributed by atoms with Gasteiger partial charge in [0, 0.05) is 28.7 Å². The van der Waals surface area contributed by atoms with E-state index in [4.69, 9.17) is 0 Å². The largest absolute Gasteiger partial charge is 0.395 e. The fraction of sp³-hybridized carbons (Fsp3) is 0.571. The minimum Gasteiger partial charge on any atom is -0.395 e. The molecule has 6 heteroatoms. The summed E-state index contributed by atoms with van der Waals surface area (Å²) >= 11 is 0. The van der Waals surface area contributed by atoms with Crippen LogP contribution in [0.1, 0.15) is 64.5 Å². The SMILES string of the molecule is CCCCCCc1nccc2c(S(=O)(=O)NC(CO)CCCC)cccc12. The van der Waals surface area contributed by atoms with Gasteiger partial charge in [0.2, 0.25) is 10.0 Å². The van der Waals surface area contributed by atoms with Gasteiger partial charge in [-0.15, -0.1) is 0 Å². The topological polar surface area (TPSA) is 79.3 Å². The van der Waals surface area contributed by atoms with Gasteiger partial charge in [-0.05, 0) is 31.4 Å². The first kappa shape index (κ1) is 21.8. The highest BCUT2D eigenvalue weighted by Gasteiger charge is 2.22. The lowest BCUT2D eigenvalue weighted by atomic mass is 10.0.